The van der Waals surface area contributed by atoms with Gasteiger partial charge >= 0.3 is 5.97 Å². The van der Waals surface area contributed by atoms with Crippen LogP contribution in [-0.2, 0) is 19.1 Å². The van der Waals surface area contributed by atoms with Gasteiger partial charge in [-0.05, 0) is 56.0 Å². The molecule has 0 saturated heterocycles. The Morgan fingerprint density at radius 2 is 1.94 bits per heavy atom. The lowest BCUT2D eigenvalue weighted by Gasteiger charge is -2.19. The number of carbonyl (C=O) groups is 3. The zero-order chi connectivity index (χ0) is 26.5. The third-order valence-corrected chi connectivity index (χ3v) is 5.40. The van der Waals surface area contributed by atoms with Gasteiger partial charge in [-0.3, -0.25) is 24.5 Å². The van der Waals surface area contributed by atoms with Crippen LogP contribution in [0.1, 0.15) is 49.8 Å². The molecule has 11 nitrogen and oxygen atoms in total. The van der Waals surface area contributed by atoms with Crippen molar-refractivity contribution in [1.29, 1.82) is 0 Å². The summed E-state index contributed by atoms with van der Waals surface area (Å²) in [6.45, 7) is 4.12. The first-order valence-electron chi connectivity index (χ1n) is 11.5. The summed E-state index contributed by atoms with van der Waals surface area (Å²) in [5.74, 6) is -0.649. The summed E-state index contributed by atoms with van der Waals surface area (Å²) in [6, 6.07) is 6.95. The number of hydrogen-bond donors (Lipinski definition) is 3. The molecule has 0 radical (unpaired) electrons. The second-order valence-electron chi connectivity index (χ2n) is 7.98. The van der Waals surface area contributed by atoms with Crippen molar-refractivity contribution in [2.24, 2.45) is 0 Å². The van der Waals surface area contributed by atoms with Crippen LogP contribution in [-0.4, -0.2) is 47.4 Å². The van der Waals surface area contributed by atoms with Crippen LogP contribution in [0.3, 0.4) is 0 Å². The Hall–Kier alpha value is -3.73. The molecule has 1 aromatic heterocycles. The molecular formula is C24H30ClN5O6. The van der Waals surface area contributed by atoms with E-state index in [1.54, 1.807) is 13.1 Å². The van der Waals surface area contributed by atoms with Gasteiger partial charge in [0.25, 0.3) is 5.69 Å². The van der Waals surface area contributed by atoms with E-state index < -0.39 is 22.8 Å². The van der Waals surface area contributed by atoms with Gasteiger partial charge in [-0.2, -0.15) is 0 Å². The van der Waals surface area contributed by atoms with Gasteiger partial charge in [-0.1, -0.05) is 17.7 Å². The fourth-order valence-electron chi connectivity index (χ4n) is 3.30. The largest absolute Gasteiger partial charge is 0.466 e. The van der Waals surface area contributed by atoms with Crippen LogP contribution in [0.2, 0.25) is 5.02 Å². The van der Waals surface area contributed by atoms with Crippen molar-refractivity contribution >= 4 is 40.9 Å². The molecule has 0 aliphatic carbocycles. The third kappa shape index (κ3) is 9.87. The van der Waals surface area contributed by atoms with E-state index in [-0.39, 0.29) is 42.6 Å². The van der Waals surface area contributed by atoms with Crippen LogP contribution in [0.15, 0.2) is 36.5 Å². The van der Waals surface area contributed by atoms with Gasteiger partial charge in [-0.25, -0.2) is 4.98 Å². The van der Waals surface area contributed by atoms with Crippen LogP contribution >= 0.6 is 11.6 Å². The molecule has 194 valence electrons. The lowest BCUT2D eigenvalue weighted by Crippen LogP contribution is -2.39. The van der Waals surface area contributed by atoms with E-state index in [9.17, 15) is 24.5 Å². The highest BCUT2D eigenvalue weighted by Gasteiger charge is 2.23. The molecular weight excluding hydrogens is 490 g/mol. The van der Waals surface area contributed by atoms with Gasteiger partial charge in [0.1, 0.15) is 10.8 Å². The summed E-state index contributed by atoms with van der Waals surface area (Å²) in [4.78, 5) is 51.4. The number of aromatic nitrogens is 1. The van der Waals surface area contributed by atoms with E-state index in [4.69, 9.17) is 16.3 Å². The Balaban J connectivity index is 1.83. The van der Waals surface area contributed by atoms with Gasteiger partial charge in [-0.15, -0.1) is 0 Å². The summed E-state index contributed by atoms with van der Waals surface area (Å²) < 4.78 is 4.94. The number of nitro benzene ring substituents is 1. The number of amides is 2. The average Bonchev–Trinajstić information content (AvgIpc) is 2.82. The molecule has 2 aromatic rings. The van der Waals surface area contributed by atoms with E-state index in [0.29, 0.717) is 18.5 Å². The van der Waals surface area contributed by atoms with Gasteiger partial charge < -0.3 is 20.7 Å². The zero-order valence-electron chi connectivity index (χ0n) is 20.2. The summed E-state index contributed by atoms with van der Waals surface area (Å²) in [5.41, 5.74) is 1.07. The second-order valence-corrected chi connectivity index (χ2v) is 8.38. The van der Waals surface area contributed by atoms with Crippen molar-refractivity contribution in [2.75, 3.05) is 25.0 Å². The zero-order valence-corrected chi connectivity index (χ0v) is 21.0. The molecule has 0 aliphatic heterocycles. The number of nitrogens with one attached hydrogen (secondary N) is 3. The van der Waals surface area contributed by atoms with Crippen molar-refractivity contribution < 1.29 is 24.0 Å². The van der Waals surface area contributed by atoms with E-state index >= 15 is 0 Å². The number of halogens is 1. The summed E-state index contributed by atoms with van der Waals surface area (Å²) in [6.07, 6.45) is 3.08. The Labute approximate surface area is 214 Å². The number of hydrogen-bond acceptors (Lipinski definition) is 8. The molecule has 2 rings (SSSR count). The predicted molar refractivity (Wildman–Crippen MR) is 135 cm³/mol. The molecule has 1 aromatic carbocycles. The van der Waals surface area contributed by atoms with Crippen LogP contribution < -0.4 is 16.0 Å². The van der Waals surface area contributed by atoms with E-state index in [1.165, 1.54) is 18.2 Å². The molecule has 0 bridgehead atoms. The Bertz CT molecular complexity index is 1080. The topological polar surface area (TPSA) is 153 Å². The Kier molecular flexibility index (Phi) is 11.6. The number of benzene rings is 1. The van der Waals surface area contributed by atoms with Crippen LogP contribution in [0.25, 0.3) is 0 Å². The number of carbonyl (C=O) groups excluding carboxylic acids is 3. The van der Waals surface area contributed by atoms with Gasteiger partial charge in [0.2, 0.25) is 11.8 Å². The molecule has 0 spiro atoms. The van der Waals surface area contributed by atoms with Crippen molar-refractivity contribution in [3.05, 3.63) is 62.8 Å². The molecule has 0 aliphatic rings. The normalized spacial score (nSPS) is 11.3. The molecule has 0 fully saturated rings. The third-order valence-electron chi connectivity index (χ3n) is 5.08. The predicted octanol–water partition coefficient (Wildman–Crippen LogP) is 3.46. The Morgan fingerprint density at radius 1 is 1.17 bits per heavy atom. The lowest BCUT2D eigenvalue weighted by molar-refractivity contribution is -0.384. The molecule has 2 amide bonds. The monoisotopic (exact) mass is 519 g/mol. The van der Waals surface area contributed by atoms with Crippen molar-refractivity contribution in [1.82, 2.24) is 15.6 Å². The number of ether oxygens (including phenoxy) is 1. The smallest absolute Gasteiger partial charge is 0.308 e. The minimum atomic E-state index is -0.897. The highest BCUT2D eigenvalue weighted by molar-refractivity contribution is 6.32. The minimum Gasteiger partial charge on any atom is -0.466 e. The second kappa shape index (κ2) is 14.6. The maximum atomic E-state index is 12.5. The average molecular weight is 520 g/mol. The number of rotatable bonds is 14. The van der Waals surface area contributed by atoms with Crippen molar-refractivity contribution in [2.45, 2.75) is 45.6 Å². The number of aryl methyl sites for hydroxylation is 1. The first-order chi connectivity index (χ1) is 17.2. The molecule has 1 unspecified atom stereocenters. The SMILES string of the molecule is CCOC(=O)CC(NC(=O)CNC(=O)CCCCNc1cc(C)ccn1)c1ccc(Cl)c([N+](=O)[O-])c1. The molecule has 12 heteroatoms. The van der Waals surface area contributed by atoms with Crippen LogP contribution in [0.4, 0.5) is 11.5 Å². The maximum Gasteiger partial charge on any atom is 0.308 e. The highest BCUT2D eigenvalue weighted by atomic mass is 35.5. The summed E-state index contributed by atoms with van der Waals surface area (Å²) >= 11 is 5.87. The van der Waals surface area contributed by atoms with E-state index in [0.717, 1.165) is 17.8 Å². The summed E-state index contributed by atoms with van der Waals surface area (Å²) in [5, 5.41) is 19.5. The lowest BCUT2D eigenvalue weighted by atomic mass is 10.0. The standard InChI is InChI=1S/C24H30ClN5O6/c1-3-36-24(33)14-19(17-7-8-18(25)20(13-17)30(34)35)29-23(32)15-28-22(31)6-4-5-10-26-21-12-16(2)9-11-27-21/h7-9,11-13,19H,3-6,10,14-15H2,1-2H3,(H,26,27)(H,28,31)(H,29,32). The number of anilines is 1. The van der Waals surface area contributed by atoms with Crippen LogP contribution in [0.5, 0.6) is 0 Å². The molecule has 1 atom stereocenters. The number of pyridine rings is 1. The van der Waals surface area contributed by atoms with Crippen molar-refractivity contribution in [3.8, 4) is 0 Å². The molecule has 3 N–H and O–H groups in total. The van der Waals surface area contributed by atoms with E-state index in [2.05, 4.69) is 20.9 Å². The fourth-order valence-corrected chi connectivity index (χ4v) is 3.48. The number of unbranched alkanes of at least 4 members (excludes halogenated alkanes) is 1. The maximum absolute atomic E-state index is 12.5. The summed E-state index contributed by atoms with van der Waals surface area (Å²) in [7, 11) is 0. The van der Waals surface area contributed by atoms with E-state index in [1.807, 2.05) is 19.1 Å². The first kappa shape index (κ1) is 28.5. The Morgan fingerprint density at radius 3 is 2.64 bits per heavy atom. The first-order valence-corrected chi connectivity index (χ1v) is 11.9. The molecule has 0 saturated carbocycles. The minimum absolute atomic E-state index is 0.0671. The van der Waals surface area contributed by atoms with Crippen LogP contribution in [0, 0.1) is 17.0 Å². The number of nitrogens with zero attached hydrogens (tertiary/aromatic N) is 2. The van der Waals surface area contributed by atoms with Gasteiger partial charge in [0, 0.05) is 25.2 Å². The number of esters is 1. The van der Waals surface area contributed by atoms with Crippen molar-refractivity contribution in [3.63, 3.8) is 0 Å². The molecule has 36 heavy (non-hydrogen) atoms. The fraction of sp³-hybridized carbons (Fsp3) is 0.417. The van der Waals surface area contributed by atoms with Gasteiger partial charge in [0.05, 0.1) is 30.5 Å². The highest BCUT2D eigenvalue weighted by Crippen LogP contribution is 2.29. The molecule has 1 heterocycles. The quantitative estimate of drug-likeness (QED) is 0.148. The number of nitro groups is 1. The van der Waals surface area contributed by atoms with Gasteiger partial charge in [0.15, 0.2) is 0 Å².